The zero-order chi connectivity index (χ0) is 11.8. The van der Waals surface area contributed by atoms with E-state index in [1.807, 2.05) is 12.1 Å². The normalized spacial score (nSPS) is 18.0. The van der Waals surface area contributed by atoms with Gasteiger partial charge in [-0.2, -0.15) is 0 Å². The van der Waals surface area contributed by atoms with Gasteiger partial charge in [0.1, 0.15) is 0 Å². The molecule has 0 bridgehead atoms. The number of fused-ring (bicyclic) bond motifs is 1. The van der Waals surface area contributed by atoms with Gasteiger partial charge in [0.15, 0.2) is 0 Å². The van der Waals surface area contributed by atoms with Crippen LogP contribution in [0.25, 0.3) is 0 Å². The number of carboxylic acids is 1. The molecule has 1 aromatic carbocycles. The average molecular weight is 229 g/mol. The van der Waals surface area contributed by atoms with Crippen LogP contribution in [0.15, 0.2) is 34.9 Å². The number of hydrogen-bond acceptors (Lipinski definition) is 3. The molecule has 86 valence electrons. The predicted octanol–water partition coefficient (Wildman–Crippen LogP) is 2.45. The van der Waals surface area contributed by atoms with Gasteiger partial charge in [-0.1, -0.05) is 29.4 Å². The third-order valence-electron chi connectivity index (χ3n) is 3.23. The van der Waals surface area contributed by atoms with E-state index >= 15 is 0 Å². The minimum atomic E-state index is -1.07. The van der Waals surface area contributed by atoms with Gasteiger partial charge in [0.2, 0.25) is 5.76 Å². The zero-order valence-electron chi connectivity index (χ0n) is 9.09. The molecule has 0 saturated carbocycles. The van der Waals surface area contributed by atoms with Crippen molar-refractivity contribution in [1.82, 2.24) is 5.16 Å². The van der Waals surface area contributed by atoms with E-state index in [2.05, 4.69) is 17.3 Å². The van der Waals surface area contributed by atoms with Crippen molar-refractivity contribution in [3.63, 3.8) is 0 Å². The quantitative estimate of drug-likeness (QED) is 0.859. The fourth-order valence-electron chi connectivity index (χ4n) is 2.42. The highest BCUT2D eigenvalue weighted by molar-refractivity contribution is 5.84. The Morgan fingerprint density at radius 1 is 1.41 bits per heavy atom. The lowest BCUT2D eigenvalue weighted by atomic mass is 9.98. The number of rotatable bonds is 2. The first kappa shape index (κ1) is 10.1. The van der Waals surface area contributed by atoms with Crippen molar-refractivity contribution < 1.29 is 14.4 Å². The number of aromatic nitrogens is 1. The van der Waals surface area contributed by atoms with Crippen LogP contribution in [0.1, 0.15) is 39.7 Å². The second-order valence-corrected chi connectivity index (χ2v) is 4.21. The van der Waals surface area contributed by atoms with Crippen LogP contribution in [0.3, 0.4) is 0 Å². The van der Waals surface area contributed by atoms with Crippen LogP contribution in [-0.4, -0.2) is 16.2 Å². The molecule has 0 spiro atoms. The van der Waals surface area contributed by atoms with E-state index < -0.39 is 5.97 Å². The van der Waals surface area contributed by atoms with Crippen molar-refractivity contribution >= 4 is 5.97 Å². The van der Waals surface area contributed by atoms with Crippen LogP contribution >= 0.6 is 0 Å². The molecule has 1 N–H and O–H groups in total. The maximum atomic E-state index is 10.7. The molecule has 1 aliphatic rings. The third kappa shape index (κ3) is 1.62. The first-order valence-electron chi connectivity index (χ1n) is 5.53. The minimum absolute atomic E-state index is 0.0932. The maximum Gasteiger partial charge on any atom is 0.374 e. The number of carbonyl (C=O) groups is 1. The molecule has 0 fully saturated rings. The van der Waals surface area contributed by atoms with Crippen LogP contribution < -0.4 is 0 Å². The molecule has 1 atom stereocenters. The Morgan fingerprint density at radius 3 is 3.00 bits per heavy atom. The van der Waals surface area contributed by atoms with Gasteiger partial charge in [-0.3, -0.25) is 0 Å². The van der Waals surface area contributed by atoms with Gasteiger partial charge in [0, 0.05) is 12.0 Å². The Morgan fingerprint density at radius 2 is 2.24 bits per heavy atom. The van der Waals surface area contributed by atoms with E-state index in [1.54, 1.807) is 0 Å². The van der Waals surface area contributed by atoms with Gasteiger partial charge in [-0.25, -0.2) is 4.79 Å². The number of aryl methyl sites for hydroxylation is 1. The molecule has 2 aromatic rings. The summed E-state index contributed by atoms with van der Waals surface area (Å²) in [4.78, 5) is 10.7. The molecule has 1 aliphatic carbocycles. The highest BCUT2D eigenvalue weighted by atomic mass is 16.5. The largest absolute Gasteiger partial charge is 0.475 e. The monoisotopic (exact) mass is 229 g/mol. The summed E-state index contributed by atoms with van der Waals surface area (Å²) in [6.45, 7) is 0. The summed E-state index contributed by atoms with van der Waals surface area (Å²) in [6.07, 6.45) is 1.97. The molecule has 1 unspecified atom stereocenters. The van der Waals surface area contributed by atoms with Crippen LogP contribution in [0.5, 0.6) is 0 Å². The van der Waals surface area contributed by atoms with Gasteiger partial charge in [-0.15, -0.1) is 0 Å². The SMILES string of the molecule is O=C(O)c1cc(C2CCc3ccccc32)no1. The molecule has 0 aliphatic heterocycles. The van der Waals surface area contributed by atoms with Crippen molar-refractivity contribution in [3.05, 3.63) is 52.9 Å². The summed E-state index contributed by atoms with van der Waals surface area (Å²) in [5, 5.41) is 12.7. The van der Waals surface area contributed by atoms with Gasteiger partial charge >= 0.3 is 5.97 Å². The standard InChI is InChI=1S/C13H11NO3/c15-13(16)12-7-11(14-17-12)10-6-5-8-3-1-2-4-9(8)10/h1-4,7,10H,5-6H2,(H,15,16). The van der Waals surface area contributed by atoms with Gasteiger partial charge in [-0.05, 0) is 24.0 Å². The fraction of sp³-hybridized carbons (Fsp3) is 0.231. The molecule has 1 heterocycles. The van der Waals surface area contributed by atoms with Crippen LogP contribution in [0.2, 0.25) is 0 Å². The number of carboxylic acid groups (broad SMARTS) is 1. The highest BCUT2D eigenvalue weighted by Gasteiger charge is 2.27. The molecule has 4 heteroatoms. The van der Waals surface area contributed by atoms with Crippen molar-refractivity contribution in [3.8, 4) is 0 Å². The molecule has 3 rings (SSSR count). The second kappa shape index (κ2) is 3.73. The lowest BCUT2D eigenvalue weighted by molar-refractivity contribution is 0.0652. The Hall–Kier alpha value is -2.10. The summed E-state index contributed by atoms with van der Waals surface area (Å²) in [6, 6.07) is 9.72. The number of aromatic carboxylic acids is 1. The Kier molecular flexibility index (Phi) is 2.21. The molecule has 4 nitrogen and oxygen atoms in total. The summed E-state index contributed by atoms with van der Waals surface area (Å²) in [5.41, 5.74) is 3.27. The lowest BCUT2D eigenvalue weighted by Gasteiger charge is -2.06. The maximum absolute atomic E-state index is 10.7. The van der Waals surface area contributed by atoms with Gasteiger partial charge in [0.05, 0.1) is 5.69 Å². The summed E-state index contributed by atoms with van der Waals surface area (Å²) >= 11 is 0. The van der Waals surface area contributed by atoms with Gasteiger partial charge < -0.3 is 9.63 Å². The van der Waals surface area contributed by atoms with Crippen LogP contribution in [-0.2, 0) is 6.42 Å². The minimum Gasteiger partial charge on any atom is -0.475 e. The number of nitrogens with zero attached hydrogens (tertiary/aromatic N) is 1. The third-order valence-corrected chi connectivity index (χ3v) is 3.23. The summed E-state index contributed by atoms with van der Waals surface area (Å²) < 4.78 is 4.80. The fourth-order valence-corrected chi connectivity index (χ4v) is 2.42. The Balaban J connectivity index is 1.98. The van der Waals surface area contributed by atoms with E-state index in [4.69, 9.17) is 9.63 Å². The predicted molar refractivity (Wildman–Crippen MR) is 60.1 cm³/mol. The van der Waals surface area contributed by atoms with Crippen LogP contribution in [0.4, 0.5) is 0 Å². The smallest absolute Gasteiger partial charge is 0.374 e. The average Bonchev–Trinajstić information content (AvgIpc) is 2.95. The van der Waals surface area contributed by atoms with Gasteiger partial charge in [0.25, 0.3) is 0 Å². The van der Waals surface area contributed by atoms with E-state index in [1.165, 1.54) is 17.2 Å². The molecule has 1 aromatic heterocycles. The second-order valence-electron chi connectivity index (χ2n) is 4.21. The molecule has 17 heavy (non-hydrogen) atoms. The van der Waals surface area contributed by atoms with E-state index in [9.17, 15) is 4.79 Å². The molecule has 0 amide bonds. The first-order valence-corrected chi connectivity index (χ1v) is 5.53. The summed E-state index contributed by atoms with van der Waals surface area (Å²) in [5.74, 6) is -0.998. The number of benzene rings is 1. The Bertz CT molecular complexity index is 574. The number of hydrogen-bond donors (Lipinski definition) is 1. The van der Waals surface area contributed by atoms with Crippen molar-refractivity contribution in [2.24, 2.45) is 0 Å². The van der Waals surface area contributed by atoms with E-state index in [0.29, 0.717) is 5.69 Å². The summed E-state index contributed by atoms with van der Waals surface area (Å²) in [7, 11) is 0. The van der Waals surface area contributed by atoms with E-state index in [-0.39, 0.29) is 11.7 Å². The topological polar surface area (TPSA) is 63.3 Å². The Labute approximate surface area is 97.9 Å². The van der Waals surface area contributed by atoms with E-state index in [0.717, 1.165) is 12.8 Å². The molecular formula is C13H11NO3. The highest BCUT2D eigenvalue weighted by Crippen LogP contribution is 2.37. The molecule has 0 saturated heterocycles. The molecular weight excluding hydrogens is 218 g/mol. The lowest BCUT2D eigenvalue weighted by Crippen LogP contribution is -1.96. The van der Waals surface area contributed by atoms with Crippen molar-refractivity contribution in [2.45, 2.75) is 18.8 Å². The first-order chi connectivity index (χ1) is 8.25. The zero-order valence-corrected chi connectivity index (χ0v) is 9.09. The van der Waals surface area contributed by atoms with Crippen molar-refractivity contribution in [1.29, 1.82) is 0 Å². The molecule has 0 radical (unpaired) electrons. The van der Waals surface area contributed by atoms with Crippen LogP contribution in [0, 0.1) is 0 Å². The van der Waals surface area contributed by atoms with Crippen molar-refractivity contribution in [2.75, 3.05) is 0 Å².